The molecular formula is C36H30N2O7. The van der Waals surface area contributed by atoms with E-state index in [2.05, 4.69) is 0 Å². The number of aromatic hydroxyl groups is 1. The summed E-state index contributed by atoms with van der Waals surface area (Å²) in [6.45, 7) is 0. The summed E-state index contributed by atoms with van der Waals surface area (Å²) in [4.78, 5) is 69.4. The van der Waals surface area contributed by atoms with Crippen LogP contribution in [0.3, 0.4) is 0 Å². The number of nitrogens with zero attached hydrogens (tertiary/aromatic N) is 1. The van der Waals surface area contributed by atoms with Crippen LogP contribution < -0.4 is 10.5 Å². The molecule has 1 saturated carbocycles. The number of primary amides is 1. The number of phenols is 1. The number of ether oxygens (including phenoxy) is 1. The quantitative estimate of drug-likeness (QED) is 0.335. The number of imide groups is 3. The van der Waals surface area contributed by atoms with Crippen LogP contribution in [0.5, 0.6) is 11.5 Å². The third-order valence-corrected chi connectivity index (χ3v) is 10.1. The Bertz CT molecular complexity index is 1850. The maximum absolute atomic E-state index is 14.9. The first-order valence-corrected chi connectivity index (χ1v) is 14.9. The Kier molecular flexibility index (Phi) is 6.58. The molecule has 7 rings (SSSR count). The summed E-state index contributed by atoms with van der Waals surface area (Å²) >= 11 is 0. The normalized spacial score (nSPS) is 28.9. The minimum atomic E-state index is -1.48. The second-order valence-electron chi connectivity index (χ2n) is 12.1. The number of nitrogens with two attached hydrogens (primary N) is 1. The Balaban J connectivity index is 1.52. The zero-order chi connectivity index (χ0) is 31.6. The highest BCUT2D eigenvalue weighted by Crippen LogP contribution is 2.64. The SMILES string of the molecule is COc1ccc([C@H]2C3=CC[C@@H]4C(=O)N(C(N)=O)C(=O)[C@@H]4[C@@H]3C[C@H]3C(=O)C(c4ccccc4)=CC(=O)[C@@]23c2ccccc2)c(O)c1. The number of methoxy groups -OCH3 is 1. The van der Waals surface area contributed by atoms with Crippen molar-refractivity contribution < 1.29 is 33.8 Å². The number of carbonyl (C=O) groups is 5. The zero-order valence-corrected chi connectivity index (χ0v) is 24.4. The number of hydrogen-bond acceptors (Lipinski definition) is 7. The molecule has 6 atom stereocenters. The Hall–Kier alpha value is -5.31. The second-order valence-corrected chi connectivity index (χ2v) is 12.1. The van der Waals surface area contributed by atoms with Crippen LogP contribution in [0, 0.1) is 23.7 Å². The van der Waals surface area contributed by atoms with Crippen LogP contribution in [0.2, 0.25) is 0 Å². The first-order valence-electron chi connectivity index (χ1n) is 14.9. The number of allylic oxidation sites excluding steroid dienone is 4. The molecule has 3 aromatic rings. The zero-order valence-electron chi connectivity index (χ0n) is 24.4. The molecule has 1 aliphatic heterocycles. The predicted molar refractivity (Wildman–Crippen MR) is 163 cm³/mol. The van der Waals surface area contributed by atoms with Crippen molar-refractivity contribution in [2.75, 3.05) is 7.11 Å². The van der Waals surface area contributed by atoms with Gasteiger partial charge in [-0.25, -0.2) is 4.79 Å². The van der Waals surface area contributed by atoms with Gasteiger partial charge in [0.2, 0.25) is 11.8 Å². The van der Waals surface area contributed by atoms with Gasteiger partial charge < -0.3 is 15.6 Å². The first-order chi connectivity index (χ1) is 21.7. The maximum atomic E-state index is 14.9. The molecular weight excluding hydrogens is 572 g/mol. The standard InChI is InChI=1S/C36H30N2O7/c1-45-21-12-13-23(28(39)16-21)31-22-14-15-24-30(34(43)38(33(24)42)35(37)44)26(22)17-27-32(41)25(19-8-4-2-5-9-19)18-29(40)36(27,31)20-10-6-3-7-11-20/h2-14,16,18,24,26-27,30-31,39H,15,17H2,1H3,(H2,37,44)/t24-,26+,27-,30-,31+,36-/m0/s1. The van der Waals surface area contributed by atoms with Gasteiger partial charge in [-0.05, 0) is 42.0 Å². The number of fused-ring (bicyclic) bond motifs is 4. The summed E-state index contributed by atoms with van der Waals surface area (Å²) in [6.07, 6.45) is 3.49. The molecule has 9 heteroatoms. The highest BCUT2D eigenvalue weighted by atomic mass is 16.5. The summed E-state index contributed by atoms with van der Waals surface area (Å²) in [5.74, 6) is -5.97. The number of ketones is 2. The third kappa shape index (κ3) is 3.96. The van der Waals surface area contributed by atoms with E-state index in [-0.39, 0.29) is 35.7 Å². The fraction of sp³-hybridized carbons (Fsp3) is 0.250. The van der Waals surface area contributed by atoms with Crippen LogP contribution in [-0.2, 0) is 24.6 Å². The lowest BCUT2D eigenvalue weighted by Crippen LogP contribution is -2.58. The number of phenolic OH excluding ortho intramolecular Hbond substituents is 1. The van der Waals surface area contributed by atoms with Crippen molar-refractivity contribution in [3.05, 3.63) is 113 Å². The van der Waals surface area contributed by atoms with Crippen molar-refractivity contribution >= 4 is 35.0 Å². The molecule has 4 amide bonds. The molecule has 45 heavy (non-hydrogen) atoms. The topological polar surface area (TPSA) is 144 Å². The minimum Gasteiger partial charge on any atom is -0.508 e. The molecule has 0 radical (unpaired) electrons. The average molecular weight is 603 g/mol. The molecule has 3 N–H and O–H groups in total. The van der Waals surface area contributed by atoms with E-state index in [4.69, 9.17) is 10.5 Å². The summed E-state index contributed by atoms with van der Waals surface area (Å²) in [7, 11) is 1.48. The number of likely N-dealkylation sites (tertiary alicyclic amines) is 1. The predicted octanol–water partition coefficient (Wildman–Crippen LogP) is 4.30. The molecule has 9 nitrogen and oxygen atoms in total. The Morgan fingerprint density at radius 1 is 0.933 bits per heavy atom. The van der Waals surface area contributed by atoms with Crippen molar-refractivity contribution in [3.8, 4) is 11.5 Å². The summed E-state index contributed by atoms with van der Waals surface area (Å²) in [5.41, 5.74) is 6.51. The van der Waals surface area contributed by atoms with Crippen LogP contribution in [0.15, 0.2) is 96.6 Å². The van der Waals surface area contributed by atoms with Crippen LogP contribution in [0.1, 0.15) is 35.4 Å². The summed E-state index contributed by atoms with van der Waals surface area (Å²) < 4.78 is 5.34. The number of carbonyl (C=O) groups excluding carboxylic acids is 5. The van der Waals surface area contributed by atoms with Crippen molar-refractivity contribution in [3.63, 3.8) is 0 Å². The minimum absolute atomic E-state index is 0.0790. The maximum Gasteiger partial charge on any atom is 0.328 e. The number of hydrogen-bond donors (Lipinski definition) is 2. The van der Waals surface area contributed by atoms with Crippen LogP contribution in [-0.4, -0.2) is 46.5 Å². The molecule has 2 fully saturated rings. The van der Waals surface area contributed by atoms with E-state index >= 15 is 0 Å². The summed E-state index contributed by atoms with van der Waals surface area (Å²) in [6, 6.07) is 21.7. The lowest BCUT2D eigenvalue weighted by Gasteiger charge is -2.55. The first kappa shape index (κ1) is 28.5. The Morgan fingerprint density at radius 3 is 2.27 bits per heavy atom. The van der Waals surface area contributed by atoms with Crippen LogP contribution in [0.25, 0.3) is 5.57 Å². The van der Waals surface area contributed by atoms with Crippen molar-refractivity contribution in [2.45, 2.75) is 24.2 Å². The van der Waals surface area contributed by atoms with Gasteiger partial charge in [-0.2, -0.15) is 4.90 Å². The van der Waals surface area contributed by atoms with Gasteiger partial charge in [0.05, 0.1) is 24.4 Å². The highest BCUT2D eigenvalue weighted by molar-refractivity contribution is 6.31. The molecule has 3 aliphatic carbocycles. The fourth-order valence-corrected chi connectivity index (χ4v) is 8.33. The molecule has 226 valence electrons. The smallest absolute Gasteiger partial charge is 0.328 e. The lowest BCUT2D eigenvalue weighted by molar-refractivity contribution is -0.137. The molecule has 4 aliphatic rings. The van der Waals surface area contributed by atoms with Gasteiger partial charge >= 0.3 is 6.03 Å². The van der Waals surface area contributed by atoms with Crippen molar-refractivity contribution in [1.29, 1.82) is 0 Å². The number of benzene rings is 3. The van der Waals surface area contributed by atoms with Gasteiger partial charge in [0, 0.05) is 29.0 Å². The van der Waals surface area contributed by atoms with Crippen molar-refractivity contribution in [1.82, 2.24) is 4.90 Å². The molecule has 1 heterocycles. The second kappa shape index (κ2) is 10.4. The highest BCUT2D eigenvalue weighted by Gasteiger charge is 2.66. The molecule has 0 unspecified atom stereocenters. The lowest BCUT2D eigenvalue weighted by atomic mass is 9.44. The van der Waals surface area contributed by atoms with Gasteiger partial charge in [0.15, 0.2) is 11.6 Å². The van der Waals surface area contributed by atoms with E-state index in [1.807, 2.05) is 42.5 Å². The van der Waals surface area contributed by atoms with E-state index in [0.29, 0.717) is 32.9 Å². The molecule has 1 saturated heterocycles. The van der Waals surface area contributed by atoms with Gasteiger partial charge in [-0.1, -0.05) is 78.4 Å². The monoisotopic (exact) mass is 602 g/mol. The van der Waals surface area contributed by atoms with Gasteiger partial charge in [-0.3, -0.25) is 19.2 Å². The van der Waals surface area contributed by atoms with Gasteiger partial charge in [-0.15, -0.1) is 0 Å². The van der Waals surface area contributed by atoms with Gasteiger partial charge in [0.25, 0.3) is 0 Å². The van der Waals surface area contributed by atoms with E-state index < -0.39 is 52.8 Å². The van der Waals surface area contributed by atoms with E-state index in [0.717, 1.165) is 0 Å². The van der Waals surface area contributed by atoms with Crippen LogP contribution in [0.4, 0.5) is 4.79 Å². The fourth-order valence-electron chi connectivity index (χ4n) is 8.33. The summed E-state index contributed by atoms with van der Waals surface area (Å²) in [5, 5.41) is 11.5. The Labute approximate surface area is 259 Å². The molecule has 0 bridgehead atoms. The van der Waals surface area contributed by atoms with E-state index in [1.54, 1.807) is 36.4 Å². The number of urea groups is 1. The average Bonchev–Trinajstić information content (AvgIpc) is 3.32. The molecule has 0 spiro atoms. The Morgan fingerprint density at radius 2 is 1.62 bits per heavy atom. The molecule has 3 aromatic carbocycles. The van der Waals surface area contributed by atoms with Gasteiger partial charge in [0.1, 0.15) is 11.5 Å². The molecule has 0 aromatic heterocycles. The van der Waals surface area contributed by atoms with E-state index in [9.17, 15) is 29.1 Å². The largest absolute Gasteiger partial charge is 0.508 e. The number of amides is 4. The van der Waals surface area contributed by atoms with E-state index in [1.165, 1.54) is 19.3 Å². The number of Topliss-reactive ketones (excluding diaryl/α,β-unsaturated/α-hetero) is 1. The number of rotatable bonds is 4. The van der Waals surface area contributed by atoms with Crippen molar-refractivity contribution in [2.24, 2.45) is 29.4 Å². The van der Waals surface area contributed by atoms with Crippen LogP contribution >= 0.6 is 0 Å². The third-order valence-electron chi connectivity index (χ3n) is 10.1.